The number of halogens is 2. The Hall–Kier alpha value is -3.17. The number of methoxy groups -OCH3 is 1. The molecule has 2 saturated heterocycles. The molecule has 0 bridgehead atoms. The molecule has 0 amide bonds. The number of nitrogens with one attached hydrogen (secondary N) is 1. The van der Waals surface area contributed by atoms with Crippen molar-refractivity contribution in [2.45, 2.75) is 37.9 Å². The number of aryl methyl sites for hydroxylation is 1. The van der Waals surface area contributed by atoms with E-state index in [9.17, 15) is 23.8 Å². The number of phenols is 1. The van der Waals surface area contributed by atoms with E-state index in [2.05, 4.69) is 9.88 Å². The molecular weight excluding hydrogens is 444 g/mol. The van der Waals surface area contributed by atoms with Crippen LogP contribution >= 0.6 is 0 Å². The molecule has 3 N–H and O–H groups in total. The van der Waals surface area contributed by atoms with Gasteiger partial charge in [0.2, 0.25) is 0 Å². The highest BCUT2D eigenvalue weighted by atomic mass is 19.3. The van der Waals surface area contributed by atoms with E-state index in [1.165, 1.54) is 12.1 Å². The van der Waals surface area contributed by atoms with Crippen molar-refractivity contribution in [3.63, 3.8) is 0 Å². The number of carboxylic acids is 1. The van der Waals surface area contributed by atoms with Crippen molar-refractivity contribution in [2.24, 2.45) is 0 Å². The molecule has 1 aromatic heterocycles. The third kappa shape index (κ3) is 3.88. The van der Waals surface area contributed by atoms with Crippen LogP contribution in [0.15, 0.2) is 36.5 Å². The van der Waals surface area contributed by atoms with Gasteiger partial charge in [0.05, 0.1) is 13.7 Å². The molecule has 0 saturated carbocycles. The molecule has 0 aliphatic carbocycles. The number of rotatable bonds is 5. The first-order chi connectivity index (χ1) is 16.2. The van der Waals surface area contributed by atoms with Crippen LogP contribution in [0.2, 0.25) is 0 Å². The molecule has 0 radical (unpaired) electrons. The molecule has 0 unspecified atom stereocenters. The minimum atomic E-state index is -2.74. The minimum absolute atomic E-state index is 0.189. The van der Waals surface area contributed by atoms with Gasteiger partial charge in [-0.05, 0) is 42.3 Å². The summed E-state index contributed by atoms with van der Waals surface area (Å²) in [4.78, 5) is 18.6. The fourth-order valence-corrected chi connectivity index (χ4v) is 5.51. The first-order valence-corrected chi connectivity index (χ1v) is 11.2. The SMILES string of the molecule is COc1cc(C)c2[nH]ccc2c1CN1C[C@@H]2CC(F)(F)CN2C[C@H]1c1ccc(C(=O)O)c(O)c1. The topological polar surface area (TPSA) is 89.0 Å². The normalized spacial score (nSPS) is 22.7. The lowest BCUT2D eigenvalue weighted by atomic mass is 9.96. The molecule has 2 fully saturated rings. The molecule has 5 rings (SSSR count). The van der Waals surface area contributed by atoms with Crippen LogP contribution in [0.4, 0.5) is 8.78 Å². The van der Waals surface area contributed by atoms with Gasteiger partial charge in [-0.2, -0.15) is 0 Å². The Labute approximate surface area is 195 Å². The summed E-state index contributed by atoms with van der Waals surface area (Å²) in [5.41, 5.74) is 3.51. The third-order valence-electron chi connectivity index (χ3n) is 7.11. The summed E-state index contributed by atoms with van der Waals surface area (Å²) in [6.45, 7) is 2.94. The molecule has 3 aromatic rings. The number of H-pyrrole nitrogens is 1. The van der Waals surface area contributed by atoms with Gasteiger partial charge in [-0.15, -0.1) is 0 Å². The van der Waals surface area contributed by atoms with Gasteiger partial charge >= 0.3 is 5.97 Å². The lowest BCUT2D eigenvalue weighted by Crippen LogP contribution is -2.51. The van der Waals surface area contributed by atoms with Crippen LogP contribution in [0, 0.1) is 6.92 Å². The number of aromatic nitrogens is 1. The second-order valence-electron chi connectivity index (χ2n) is 9.31. The van der Waals surface area contributed by atoms with Crippen molar-refractivity contribution >= 4 is 16.9 Å². The fraction of sp³-hybridized carbons (Fsp3) is 0.400. The second kappa shape index (κ2) is 8.25. The predicted molar refractivity (Wildman–Crippen MR) is 123 cm³/mol. The van der Waals surface area contributed by atoms with Crippen LogP contribution in [0.1, 0.15) is 39.5 Å². The van der Waals surface area contributed by atoms with E-state index in [1.54, 1.807) is 13.2 Å². The molecule has 9 heteroatoms. The summed E-state index contributed by atoms with van der Waals surface area (Å²) in [6, 6.07) is 7.84. The Balaban J connectivity index is 1.55. The highest BCUT2D eigenvalue weighted by Gasteiger charge is 2.49. The largest absolute Gasteiger partial charge is 0.507 e. The average Bonchev–Trinajstić information content (AvgIpc) is 3.37. The van der Waals surface area contributed by atoms with E-state index in [0.29, 0.717) is 25.2 Å². The molecule has 0 spiro atoms. The first-order valence-electron chi connectivity index (χ1n) is 11.2. The number of carbonyl (C=O) groups is 1. The quantitative estimate of drug-likeness (QED) is 0.518. The van der Waals surface area contributed by atoms with Crippen molar-refractivity contribution < 1.29 is 28.5 Å². The Morgan fingerprint density at radius 1 is 1.26 bits per heavy atom. The van der Waals surface area contributed by atoms with Crippen molar-refractivity contribution in [1.29, 1.82) is 0 Å². The number of fused-ring (bicyclic) bond motifs is 2. The van der Waals surface area contributed by atoms with Gasteiger partial charge in [0.1, 0.15) is 17.1 Å². The monoisotopic (exact) mass is 471 g/mol. The first kappa shape index (κ1) is 22.6. The van der Waals surface area contributed by atoms with Gasteiger partial charge < -0.3 is 19.9 Å². The molecule has 2 aromatic carbocycles. The number of benzene rings is 2. The van der Waals surface area contributed by atoms with Crippen molar-refractivity contribution in [1.82, 2.24) is 14.8 Å². The molecule has 3 heterocycles. The highest BCUT2D eigenvalue weighted by molar-refractivity contribution is 5.91. The molecule has 34 heavy (non-hydrogen) atoms. The van der Waals surface area contributed by atoms with Crippen LogP contribution in [-0.4, -0.2) is 69.7 Å². The number of nitrogens with zero attached hydrogens (tertiary/aromatic N) is 2. The van der Waals surface area contributed by atoms with Crippen LogP contribution < -0.4 is 4.74 Å². The van der Waals surface area contributed by atoms with E-state index in [-0.39, 0.29) is 36.4 Å². The van der Waals surface area contributed by atoms with Crippen LogP contribution in [0.3, 0.4) is 0 Å². The minimum Gasteiger partial charge on any atom is -0.507 e. The summed E-state index contributed by atoms with van der Waals surface area (Å²) in [5.74, 6) is -3.56. The van der Waals surface area contributed by atoms with Crippen LogP contribution in [0.25, 0.3) is 10.9 Å². The van der Waals surface area contributed by atoms with E-state index in [1.807, 2.05) is 30.2 Å². The molecule has 7 nitrogen and oxygen atoms in total. The maximum atomic E-state index is 14.3. The molecule has 2 aliphatic rings. The van der Waals surface area contributed by atoms with Gasteiger partial charge in [-0.25, -0.2) is 13.6 Å². The summed E-state index contributed by atoms with van der Waals surface area (Å²) in [7, 11) is 1.62. The Morgan fingerprint density at radius 3 is 2.76 bits per heavy atom. The lowest BCUT2D eigenvalue weighted by Gasteiger charge is -2.44. The highest BCUT2D eigenvalue weighted by Crippen LogP contribution is 2.41. The summed E-state index contributed by atoms with van der Waals surface area (Å²) in [6.07, 6.45) is 1.68. The number of ether oxygens (including phenoxy) is 1. The van der Waals surface area contributed by atoms with Gasteiger partial charge in [-0.1, -0.05) is 6.07 Å². The number of carboxylic acid groups (broad SMARTS) is 1. The van der Waals surface area contributed by atoms with E-state index in [0.717, 1.165) is 27.8 Å². The number of piperazine rings is 1. The Kier molecular flexibility index (Phi) is 5.49. The van der Waals surface area contributed by atoms with E-state index in [4.69, 9.17) is 4.74 Å². The van der Waals surface area contributed by atoms with Gasteiger partial charge in [0, 0.05) is 60.8 Å². The molecule has 2 aliphatic heterocycles. The van der Waals surface area contributed by atoms with Crippen molar-refractivity contribution in [3.05, 3.63) is 58.8 Å². The predicted octanol–water partition coefficient (Wildman–Crippen LogP) is 4.16. The molecule has 2 atom stereocenters. The third-order valence-corrected chi connectivity index (χ3v) is 7.11. The maximum Gasteiger partial charge on any atom is 0.339 e. The van der Waals surface area contributed by atoms with Crippen LogP contribution in [-0.2, 0) is 6.54 Å². The number of hydrogen-bond acceptors (Lipinski definition) is 5. The van der Waals surface area contributed by atoms with E-state index >= 15 is 0 Å². The zero-order valence-electron chi connectivity index (χ0n) is 19.0. The van der Waals surface area contributed by atoms with Gasteiger partial charge in [0.25, 0.3) is 5.92 Å². The number of aromatic carboxylic acids is 1. The number of aromatic hydroxyl groups is 1. The van der Waals surface area contributed by atoms with Crippen molar-refractivity contribution in [3.8, 4) is 11.5 Å². The lowest BCUT2D eigenvalue weighted by molar-refractivity contribution is 0.00814. The maximum absolute atomic E-state index is 14.3. The fourth-order valence-electron chi connectivity index (χ4n) is 5.51. The Bertz CT molecular complexity index is 1260. The smallest absolute Gasteiger partial charge is 0.339 e. The van der Waals surface area contributed by atoms with Crippen molar-refractivity contribution in [2.75, 3.05) is 26.7 Å². The number of hydrogen-bond donors (Lipinski definition) is 3. The summed E-state index contributed by atoms with van der Waals surface area (Å²) >= 11 is 0. The van der Waals surface area contributed by atoms with Crippen LogP contribution in [0.5, 0.6) is 11.5 Å². The zero-order chi connectivity index (χ0) is 24.2. The number of aromatic amines is 1. The van der Waals surface area contributed by atoms with E-state index < -0.39 is 11.9 Å². The second-order valence-corrected chi connectivity index (χ2v) is 9.31. The standard InChI is InChI=1S/C25H27F2N3O4/c1-14-7-22(34-2)19(17-5-6-28-23(14)17)11-29-10-16-9-25(26,27)13-30(16)12-20(29)15-3-4-18(24(32)33)21(31)8-15/h3-8,16,20,28,31H,9-13H2,1-2H3,(H,32,33)/t16-,20-/m0/s1. The number of alkyl halides is 2. The van der Waals surface area contributed by atoms with Gasteiger partial charge in [-0.3, -0.25) is 9.80 Å². The van der Waals surface area contributed by atoms with Gasteiger partial charge in [0.15, 0.2) is 0 Å². The summed E-state index contributed by atoms with van der Waals surface area (Å²) < 4.78 is 34.2. The molecular formula is C25H27F2N3O4. The Morgan fingerprint density at radius 2 is 2.06 bits per heavy atom. The molecule has 180 valence electrons. The summed E-state index contributed by atoms with van der Waals surface area (Å²) in [5, 5.41) is 20.6. The zero-order valence-corrected chi connectivity index (χ0v) is 19.0. The average molecular weight is 472 g/mol.